The molecular weight excluding hydrogens is 218 g/mol. The molecule has 0 spiro atoms. The van der Waals surface area contributed by atoms with E-state index in [4.69, 9.17) is 14.7 Å². The van der Waals surface area contributed by atoms with Crippen molar-refractivity contribution in [3.8, 4) is 17.8 Å². The van der Waals surface area contributed by atoms with Crippen LogP contribution in [0.4, 0.5) is 0 Å². The van der Waals surface area contributed by atoms with Gasteiger partial charge >= 0.3 is 0 Å². The number of rotatable bonds is 1. The molecule has 2 rings (SSSR count). The van der Waals surface area contributed by atoms with Gasteiger partial charge in [0.2, 0.25) is 0 Å². The van der Waals surface area contributed by atoms with Crippen molar-refractivity contribution in [2.75, 3.05) is 0 Å². The number of Topliss-reactive ketones (excluding diaryl/α,β-unsaturated/α-hetero) is 1. The summed E-state index contributed by atoms with van der Waals surface area (Å²) in [7, 11) is 0. The predicted molar refractivity (Wildman–Crippen MR) is 61.1 cm³/mol. The van der Waals surface area contributed by atoms with Crippen LogP contribution < -0.4 is 9.47 Å². The topological polar surface area (TPSA) is 59.3 Å². The van der Waals surface area contributed by atoms with E-state index >= 15 is 0 Å². The van der Waals surface area contributed by atoms with Gasteiger partial charge in [0.15, 0.2) is 5.78 Å². The highest BCUT2D eigenvalue weighted by molar-refractivity contribution is 6.00. The summed E-state index contributed by atoms with van der Waals surface area (Å²) in [6, 6.07) is 3.31. The number of carbonyl (C=O) groups excluding carboxylic acids is 1. The monoisotopic (exact) mass is 231 g/mol. The Morgan fingerprint density at radius 1 is 1.47 bits per heavy atom. The van der Waals surface area contributed by atoms with Crippen molar-refractivity contribution in [1.82, 2.24) is 0 Å². The Kier molecular flexibility index (Phi) is 2.55. The average molecular weight is 231 g/mol. The number of ether oxygens (including phenoxy) is 2. The molecule has 1 aromatic carbocycles. The van der Waals surface area contributed by atoms with E-state index < -0.39 is 5.60 Å². The molecule has 0 atom stereocenters. The highest BCUT2D eigenvalue weighted by Crippen LogP contribution is 2.37. The summed E-state index contributed by atoms with van der Waals surface area (Å²) in [5.74, 6) is 0.974. The van der Waals surface area contributed by atoms with Gasteiger partial charge in [-0.2, -0.15) is 0 Å². The quantitative estimate of drug-likeness (QED) is 0.697. The maximum atomic E-state index is 11.9. The zero-order valence-electron chi connectivity index (χ0n) is 10.0. The van der Waals surface area contributed by atoms with Gasteiger partial charge in [-0.25, -0.2) is 0 Å². The second-order valence-corrected chi connectivity index (χ2v) is 4.77. The Bertz CT molecular complexity index is 526. The van der Waals surface area contributed by atoms with E-state index in [-0.39, 0.29) is 5.78 Å². The van der Waals surface area contributed by atoms with Crippen LogP contribution >= 0.6 is 0 Å². The number of benzene rings is 1. The van der Waals surface area contributed by atoms with Crippen LogP contribution in [0, 0.1) is 18.4 Å². The molecule has 0 unspecified atom stereocenters. The molecule has 0 amide bonds. The standard InChI is InChI=1S/C13H13NO3/c1-8-4-9-10(15)6-13(2,3)17-12(9)5-11(8)16-7-14/h4-5H,6H2,1-3H3. The molecule has 4 heteroatoms. The highest BCUT2D eigenvalue weighted by Gasteiger charge is 2.33. The first-order valence-electron chi connectivity index (χ1n) is 5.36. The number of ketones is 1. The number of aryl methyl sites for hydroxylation is 1. The lowest BCUT2D eigenvalue weighted by atomic mass is 9.92. The highest BCUT2D eigenvalue weighted by atomic mass is 16.5. The molecule has 4 nitrogen and oxygen atoms in total. The molecule has 0 saturated carbocycles. The van der Waals surface area contributed by atoms with Crippen molar-refractivity contribution in [1.29, 1.82) is 5.26 Å². The molecule has 0 aromatic heterocycles. The fraction of sp³-hybridized carbons (Fsp3) is 0.385. The molecular formula is C13H13NO3. The van der Waals surface area contributed by atoms with Crippen LogP contribution in [0.1, 0.15) is 36.2 Å². The maximum Gasteiger partial charge on any atom is 0.292 e. The van der Waals surface area contributed by atoms with Gasteiger partial charge in [-0.05, 0) is 32.4 Å². The van der Waals surface area contributed by atoms with Gasteiger partial charge in [0, 0.05) is 6.07 Å². The molecule has 1 aliphatic heterocycles. The summed E-state index contributed by atoms with van der Waals surface area (Å²) < 4.78 is 10.5. The Labute approximate surface area is 99.8 Å². The molecule has 0 aliphatic carbocycles. The molecule has 1 heterocycles. The van der Waals surface area contributed by atoms with Crippen LogP contribution in [0.2, 0.25) is 0 Å². The number of hydrogen-bond acceptors (Lipinski definition) is 4. The molecule has 0 fully saturated rings. The largest absolute Gasteiger partial charge is 0.486 e. The summed E-state index contributed by atoms with van der Waals surface area (Å²) in [5.41, 5.74) is 0.803. The van der Waals surface area contributed by atoms with E-state index in [9.17, 15) is 4.79 Å². The van der Waals surface area contributed by atoms with Crippen molar-refractivity contribution in [3.63, 3.8) is 0 Å². The van der Waals surface area contributed by atoms with Gasteiger partial charge in [0.1, 0.15) is 17.1 Å². The van der Waals surface area contributed by atoms with Crippen molar-refractivity contribution in [2.45, 2.75) is 32.8 Å². The van der Waals surface area contributed by atoms with Crippen molar-refractivity contribution in [3.05, 3.63) is 23.3 Å². The van der Waals surface area contributed by atoms with E-state index in [0.717, 1.165) is 5.56 Å². The number of carbonyl (C=O) groups is 1. The SMILES string of the molecule is Cc1cc2c(cc1OC#N)OC(C)(C)CC2=O. The third-order valence-corrected chi connectivity index (χ3v) is 2.71. The smallest absolute Gasteiger partial charge is 0.292 e. The lowest BCUT2D eigenvalue weighted by Crippen LogP contribution is -2.35. The van der Waals surface area contributed by atoms with E-state index in [1.165, 1.54) is 0 Å². The van der Waals surface area contributed by atoms with Gasteiger partial charge in [0.25, 0.3) is 6.26 Å². The van der Waals surface area contributed by atoms with Crippen molar-refractivity contribution < 1.29 is 14.3 Å². The number of nitriles is 1. The minimum atomic E-state index is -0.511. The van der Waals surface area contributed by atoms with Gasteiger partial charge in [-0.3, -0.25) is 4.79 Å². The van der Waals surface area contributed by atoms with Crippen LogP contribution in [0.5, 0.6) is 11.5 Å². The normalized spacial score (nSPS) is 16.7. The second-order valence-electron chi connectivity index (χ2n) is 4.77. The zero-order chi connectivity index (χ0) is 12.6. The molecule has 0 N–H and O–H groups in total. The Balaban J connectivity index is 2.51. The number of fused-ring (bicyclic) bond motifs is 1. The molecule has 17 heavy (non-hydrogen) atoms. The number of nitrogens with zero attached hydrogens (tertiary/aromatic N) is 1. The summed E-state index contributed by atoms with van der Waals surface area (Å²) >= 11 is 0. The molecule has 0 bridgehead atoms. The molecule has 1 aliphatic rings. The summed E-state index contributed by atoms with van der Waals surface area (Å²) in [6.45, 7) is 5.51. The molecule has 0 radical (unpaired) electrons. The van der Waals surface area contributed by atoms with Gasteiger partial charge in [-0.15, -0.1) is 5.26 Å². The lowest BCUT2D eigenvalue weighted by molar-refractivity contribution is 0.0619. The average Bonchev–Trinajstić information content (AvgIpc) is 2.20. The minimum Gasteiger partial charge on any atom is -0.486 e. The maximum absolute atomic E-state index is 11.9. The fourth-order valence-corrected chi connectivity index (χ4v) is 1.95. The van der Waals surface area contributed by atoms with E-state index in [1.54, 1.807) is 25.3 Å². The summed E-state index contributed by atoms with van der Waals surface area (Å²) in [6.07, 6.45) is 1.98. The van der Waals surface area contributed by atoms with Crippen molar-refractivity contribution >= 4 is 5.78 Å². The van der Waals surface area contributed by atoms with Crippen LogP contribution in [0.25, 0.3) is 0 Å². The molecule has 0 saturated heterocycles. The summed E-state index contributed by atoms with van der Waals surface area (Å²) in [5, 5.41) is 8.52. The van der Waals surface area contributed by atoms with Crippen LogP contribution in [-0.4, -0.2) is 11.4 Å². The first-order chi connectivity index (χ1) is 7.93. The Hall–Kier alpha value is -2.02. The Morgan fingerprint density at radius 2 is 2.18 bits per heavy atom. The third kappa shape index (κ3) is 2.09. The zero-order valence-corrected chi connectivity index (χ0v) is 10.0. The molecule has 1 aromatic rings. The van der Waals surface area contributed by atoms with Crippen LogP contribution in [0.3, 0.4) is 0 Å². The fourth-order valence-electron chi connectivity index (χ4n) is 1.95. The van der Waals surface area contributed by atoms with Crippen LogP contribution in [-0.2, 0) is 0 Å². The molecule has 88 valence electrons. The second kappa shape index (κ2) is 3.77. The van der Waals surface area contributed by atoms with Gasteiger partial charge in [-0.1, -0.05) is 0 Å². The van der Waals surface area contributed by atoms with E-state index in [0.29, 0.717) is 23.5 Å². The third-order valence-electron chi connectivity index (χ3n) is 2.71. The van der Waals surface area contributed by atoms with Gasteiger partial charge < -0.3 is 9.47 Å². The van der Waals surface area contributed by atoms with Crippen molar-refractivity contribution in [2.24, 2.45) is 0 Å². The van der Waals surface area contributed by atoms with Gasteiger partial charge in [0.05, 0.1) is 12.0 Å². The predicted octanol–water partition coefficient (Wildman–Crippen LogP) is 2.60. The Morgan fingerprint density at radius 3 is 2.82 bits per heavy atom. The minimum absolute atomic E-state index is 0.0582. The lowest BCUT2D eigenvalue weighted by Gasteiger charge is -2.31. The first kappa shape index (κ1) is 11.5. The van der Waals surface area contributed by atoms with E-state index in [2.05, 4.69) is 0 Å². The summed E-state index contributed by atoms with van der Waals surface area (Å²) in [4.78, 5) is 11.9. The first-order valence-corrected chi connectivity index (χ1v) is 5.36. The number of hydrogen-bond donors (Lipinski definition) is 0. The van der Waals surface area contributed by atoms with E-state index in [1.807, 2.05) is 13.8 Å². The van der Waals surface area contributed by atoms with Crippen LogP contribution in [0.15, 0.2) is 12.1 Å².